The third-order valence-corrected chi connectivity index (χ3v) is 6.01. The van der Waals surface area contributed by atoms with E-state index in [2.05, 4.69) is 9.71 Å². The Morgan fingerprint density at radius 2 is 1.95 bits per heavy atom. The van der Waals surface area contributed by atoms with E-state index < -0.39 is 11.4 Å². The second-order valence-corrected chi connectivity index (χ2v) is 9.22. The zero-order valence-electron chi connectivity index (χ0n) is 13.4. The summed E-state index contributed by atoms with van der Waals surface area (Å²) in [5, 5.41) is 3.37. The first-order chi connectivity index (χ1) is 10.3. The Morgan fingerprint density at radius 1 is 1.27 bits per heavy atom. The van der Waals surface area contributed by atoms with Gasteiger partial charge in [-0.05, 0) is 76.9 Å². The SMILES string of the molecule is CC(C)(C)[S+]([O-])N=C1c2ccc(F)cc2CC12CCNCC2. The zero-order chi connectivity index (χ0) is 16.0. The van der Waals surface area contributed by atoms with E-state index in [0.29, 0.717) is 0 Å². The van der Waals surface area contributed by atoms with Gasteiger partial charge in [0.2, 0.25) is 0 Å². The molecule has 3 rings (SSSR count). The van der Waals surface area contributed by atoms with E-state index in [1.54, 1.807) is 12.1 Å². The van der Waals surface area contributed by atoms with E-state index in [-0.39, 0.29) is 16.0 Å². The second-order valence-electron chi connectivity index (χ2n) is 7.31. The van der Waals surface area contributed by atoms with Crippen molar-refractivity contribution in [1.82, 2.24) is 5.32 Å². The Balaban J connectivity index is 2.07. The van der Waals surface area contributed by atoms with Crippen molar-refractivity contribution in [2.24, 2.45) is 9.81 Å². The van der Waals surface area contributed by atoms with Gasteiger partial charge in [0.25, 0.3) is 0 Å². The van der Waals surface area contributed by atoms with Gasteiger partial charge in [-0.15, -0.1) is 0 Å². The maximum atomic E-state index is 13.6. The molecule has 3 nitrogen and oxygen atoms in total. The Bertz CT molecular complexity index is 603. The van der Waals surface area contributed by atoms with E-state index in [0.717, 1.165) is 49.2 Å². The third kappa shape index (κ3) is 2.82. The molecular formula is C17H23FN2OS. The highest BCUT2D eigenvalue weighted by molar-refractivity contribution is 7.91. The van der Waals surface area contributed by atoms with Crippen molar-refractivity contribution in [3.05, 3.63) is 35.1 Å². The van der Waals surface area contributed by atoms with Crippen molar-refractivity contribution in [2.75, 3.05) is 13.1 Å². The number of nitrogens with zero attached hydrogens (tertiary/aromatic N) is 1. The average Bonchev–Trinajstić information content (AvgIpc) is 2.71. The Hall–Kier alpha value is -0.910. The van der Waals surface area contributed by atoms with Crippen LogP contribution in [-0.4, -0.2) is 28.1 Å². The molecule has 1 aliphatic heterocycles. The van der Waals surface area contributed by atoms with Crippen LogP contribution in [0.4, 0.5) is 4.39 Å². The summed E-state index contributed by atoms with van der Waals surface area (Å²) in [6.07, 6.45) is 2.73. The summed E-state index contributed by atoms with van der Waals surface area (Å²) in [5.41, 5.74) is 2.84. The van der Waals surface area contributed by atoms with Gasteiger partial charge < -0.3 is 9.87 Å². The van der Waals surface area contributed by atoms with E-state index in [1.807, 2.05) is 20.8 Å². The lowest BCUT2D eigenvalue weighted by Gasteiger charge is -2.34. The lowest BCUT2D eigenvalue weighted by molar-refractivity contribution is 0.306. The summed E-state index contributed by atoms with van der Waals surface area (Å²) >= 11 is -1.29. The fourth-order valence-electron chi connectivity index (χ4n) is 3.36. The van der Waals surface area contributed by atoms with Gasteiger partial charge in [0.1, 0.15) is 27.6 Å². The Kier molecular flexibility index (Phi) is 4.08. The first-order valence-corrected chi connectivity index (χ1v) is 8.93. The van der Waals surface area contributed by atoms with Crippen LogP contribution in [0.15, 0.2) is 22.6 Å². The Labute approximate surface area is 134 Å². The molecule has 1 heterocycles. The fraction of sp³-hybridized carbons (Fsp3) is 0.588. The molecule has 1 unspecified atom stereocenters. The van der Waals surface area contributed by atoms with Crippen molar-refractivity contribution in [1.29, 1.82) is 0 Å². The quantitative estimate of drug-likeness (QED) is 0.808. The summed E-state index contributed by atoms with van der Waals surface area (Å²) in [6.45, 7) is 7.66. The molecule has 1 aromatic carbocycles. The van der Waals surface area contributed by atoms with Crippen LogP contribution in [0, 0.1) is 11.2 Å². The molecule has 0 aromatic heterocycles. The highest BCUT2D eigenvalue weighted by atomic mass is 32.2. The summed E-state index contributed by atoms with van der Waals surface area (Å²) in [7, 11) is 0. The number of hydrogen-bond acceptors (Lipinski definition) is 3. The monoisotopic (exact) mass is 322 g/mol. The number of benzene rings is 1. The second kappa shape index (κ2) is 5.62. The van der Waals surface area contributed by atoms with E-state index in [9.17, 15) is 8.94 Å². The summed E-state index contributed by atoms with van der Waals surface area (Å²) in [5.74, 6) is -0.207. The average molecular weight is 322 g/mol. The molecule has 1 saturated heterocycles. The molecule has 5 heteroatoms. The molecule has 1 aliphatic carbocycles. The van der Waals surface area contributed by atoms with E-state index in [4.69, 9.17) is 0 Å². The van der Waals surface area contributed by atoms with Gasteiger partial charge >= 0.3 is 0 Å². The van der Waals surface area contributed by atoms with E-state index in [1.165, 1.54) is 6.07 Å². The van der Waals surface area contributed by atoms with E-state index >= 15 is 0 Å². The van der Waals surface area contributed by atoms with Crippen LogP contribution < -0.4 is 5.32 Å². The molecule has 0 amide bonds. The molecule has 1 spiro atoms. The molecule has 1 fully saturated rings. The number of piperidine rings is 1. The van der Waals surface area contributed by atoms with Crippen molar-refractivity contribution in [3.8, 4) is 0 Å². The van der Waals surface area contributed by atoms with Crippen LogP contribution in [0.25, 0.3) is 0 Å². The standard InChI is InChI=1S/C17H23FN2OS/c1-16(2,3)22(21)20-15-14-5-4-13(18)10-12(14)11-17(15)6-8-19-9-7-17/h4-5,10,19H,6-9,11H2,1-3H3. The number of fused-ring (bicyclic) bond motifs is 1. The molecule has 0 saturated carbocycles. The van der Waals surface area contributed by atoms with Crippen LogP contribution in [-0.2, 0) is 17.8 Å². The maximum absolute atomic E-state index is 13.6. The van der Waals surface area contributed by atoms with Crippen molar-refractivity contribution in [3.63, 3.8) is 0 Å². The fourth-order valence-corrected chi connectivity index (χ4v) is 4.09. The molecular weight excluding hydrogens is 299 g/mol. The smallest absolute Gasteiger partial charge is 0.144 e. The molecule has 1 atom stereocenters. The molecule has 0 bridgehead atoms. The van der Waals surface area contributed by atoms with Crippen LogP contribution in [0.2, 0.25) is 0 Å². The summed E-state index contributed by atoms with van der Waals surface area (Å²) < 4.78 is 30.4. The molecule has 1 aromatic rings. The number of halogens is 1. The van der Waals surface area contributed by atoms with Crippen molar-refractivity contribution >= 4 is 17.1 Å². The highest BCUT2D eigenvalue weighted by Gasteiger charge is 2.46. The molecule has 1 N–H and O–H groups in total. The minimum Gasteiger partial charge on any atom is -0.591 e. The van der Waals surface area contributed by atoms with Crippen molar-refractivity contribution < 1.29 is 8.94 Å². The minimum absolute atomic E-state index is 0.0811. The molecule has 120 valence electrons. The third-order valence-electron chi connectivity index (χ3n) is 4.61. The summed E-state index contributed by atoms with van der Waals surface area (Å²) in [6, 6.07) is 4.90. The Morgan fingerprint density at radius 3 is 2.59 bits per heavy atom. The lowest BCUT2D eigenvalue weighted by atomic mass is 9.75. The summed E-state index contributed by atoms with van der Waals surface area (Å²) in [4.78, 5) is 0. The number of rotatable bonds is 1. The van der Waals surface area contributed by atoms with Gasteiger partial charge in [-0.25, -0.2) is 4.39 Å². The number of nitrogens with one attached hydrogen (secondary N) is 1. The molecule has 22 heavy (non-hydrogen) atoms. The normalized spacial score (nSPS) is 23.8. The lowest BCUT2D eigenvalue weighted by Crippen LogP contribution is -2.41. The van der Waals surface area contributed by atoms with Gasteiger partial charge in [-0.2, -0.15) is 0 Å². The topological polar surface area (TPSA) is 47.5 Å². The van der Waals surface area contributed by atoms with Gasteiger partial charge in [-0.3, -0.25) is 0 Å². The predicted molar refractivity (Wildman–Crippen MR) is 89.1 cm³/mol. The first kappa shape index (κ1) is 16.0. The van der Waals surface area contributed by atoms with Gasteiger partial charge in [0, 0.05) is 11.0 Å². The molecule has 2 aliphatic rings. The van der Waals surface area contributed by atoms with Crippen LogP contribution in [0.1, 0.15) is 44.7 Å². The maximum Gasteiger partial charge on any atom is 0.144 e. The van der Waals surface area contributed by atoms with Gasteiger partial charge in [0.15, 0.2) is 0 Å². The highest BCUT2D eigenvalue weighted by Crippen LogP contribution is 2.44. The van der Waals surface area contributed by atoms with Crippen molar-refractivity contribution in [2.45, 2.75) is 44.8 Å². The van der Waals surface area contributed by atoms with Crippen LogP contribution in [0.3, 0.4) is 0 Å². The predicted octanol–water partition coefficient (Wildman–Crippen LogP) is 3.00. The largest absolute Gasteiger partial charge is 0.591 e. The minimum atomic E-state index is -1.29. The van der Waals surface area contributed by atoms with Gasteiger partial charge in [-0.1, -0.05) is 4.40 Å². The van der Waals surface area contributed by atoms with Gasteiger partial charge in [0.05, 0.1) is 0 Å². The molecule has 0 radical (unpaired) electrons. The number of hydrogen-bond donors (Lipinski definition) is 1. The first-order valence-electron chi connectivity index (χ1n) is 7.83. The van der Waals surface area contributed by atoms with Crippen LogP contribution >= 0.6 is 0 Å². The van der Waals surface area contributed by atoms with Crippen LogP contribution in [0.5, 0.6) is 0 Å². The zero-order valence-corrected chi connectivity index (χ0v) is 14.2.